The summed E-state index contributed by atoms with van der Waals surface area (Å²) < 4.78 is 0.768. The van der Waals surface area contributed by atoms with E-state index in [0.717, 1.165) is 10.0 Å². The van der Waals surface area contributed by atoms with Crippen LogP contribution in [-0.4, -0.2) is 0 Å². The molecule has 0 radical (unpaired) electrons. The number of nitrogen functional groups attached to an aromatic ring is 1. The van der Waals surface area contributed by atoms with E-state index in [1.165, 1.54) is 0 Å². The maximum absolute atomic E-state index is 5.82. The molecule has 1 rings (SSSR count). The number of rotatable bonds is 0. The minimum atomic E-state index is 0.474. The predicted molar refractivity (Wildman–Crippen MR) is 53.3 cm³/mol. The van der Waals surface area contributed by atoms with Gasteiger partial charge in [-0.2, -0.15) is 0 Å². The van der Waals surface area contributed by atoms with Crippen molar-refractivity contribution in [1.29, 1.82) is 0 Å². The molecule has 0 atom stereocenters. The van der Waals surface area contributed by atoms with E-state index in [4.69, 9.17) is 28.9 Å². The molecule has 60 valence electrons. The summed E-state index contributed by atoms with van der Waals surface area (Å²) in [7, 11) is 0. The molecule has 1 nitrogen and oxygen atoms in total. The molecule has 0 saturated heterocycles. The smallest absolute Gasteiger partial charge is 0.0738 e. The summed E-state index contributed by atoms with van der Waals surface area (Å²) >= 11 is 14.9. The Hall–Kier alpha value is 0.0800. The summed E-state index contributed by atoms with van der Waals surface area (Å²) in [5, 5.41) is 0.986. The summed E-state index contributed by atoms with van der Waals surface area (Å²) in [5.74, 6) is 0. The molecule has 0 spiro atoms. The van der Waals surface area contributed by atoms with Gasteiger partial charge in [-0.05, 0) is 34.5 Å². The maximum Gasteiger partial charge on any atom is 0.0738 e. The van der Waals surface area contributed by atoms with Crippen LogP contribution in [0.25, 0.3) is 0 Å². The molecular formula is C7H6BrCl2N. The first-order chi connectivity index (χ1) is 5.04. The van der Waals surface area contributed by atoms with Crippen molar-refractivity contribution in [3.63, 3.8) is 0 Å². The number of hydrogen-bond donors (Lipinski definition) is 1. The summed E-state index contributed by atoms with van der Waals surface area (Å²) in [6.07, 6.45) is 0. The molecule has 4 heteroatoms. The summed E-state index contributed by atoms with van der Waals surface area (Å²) in [4.78, 5) is 0. The predicted octanol–water partition coefficient (Wildman–Crippen LogP) is 3.65. The standard InChI is InChI=1S/C7H6BrCl2N/c1-3-5(11)2-4(9)7(10)6(3)8/h2H,11H2,1H3. The van der Waals surface area contributed by atoms with Gasteiger partial charge in [-0.1, -0.05) is 23.2 Å². The van der Waals surface area contributed by atoms with Crippen molar-refractivity contribution in [2.24, 2.45) is 0 Å². The Kier molecular flexibility index (Phi) is 2.68. The Morgan fingerprint density at radius 3 is 2.55 bits per heavy atom. The zero-order valence-electron chi connectivity index (χ0n) is 5.79. The van der Waals surface area contributed by atoms with Crippen molar-refractivity contribution >= 4 is 44.8 Å². The molecule has 11 heavy (non-hydrogen) atoms. The molecule has 0 aliphatic carbocycles. The van der Waals surface area contributed by atoms with Gasteiger partial charge in [0, 0.05) is 10.2 Å². The van der Waals surface area contributed by atoms with Gasteiger partial charge in [0.15, 0.2) is 0 Å². The highest BCUT2D eigenvalue weighted by Crippen LogP contribution is 2.35. The van der Waals surface area contributed by atoms with Crippen molar-refractivity contribution in [2.75, 3.05) is 5.73 Å². The van der Waals surface area contributed by atoms with Crippen molar-refractivity contribution in [1.82, 2.24) is 0 Å². The second kappa shape index (κ2) is 3.21. The van der Waals surface area contributed by atoms with Gasteiger partial charge in [0.25, 0.3) is 0 Å². The lowest BCUT2D eigenvalue weighted by atomic mass is 10.2. The topological polar surface area (TPSA) is 26.0 Å². The first kappa shape index (κ1) is 9.17. The quantitative estimate of drug-likeness (QED) is 0.555. The van der Waals surface area contributed by atoms with Crippen LogP contribution in [0.3, 0.4) is 0 Å². The molecule has 0 fully saturated rings. The lowest BCUT2D eigenvalue weighted by molar-refractivity contribution is 1.43. The lowest BCUT2D eigenvalue weighted by Gasteiger charge is -2.05. The molecule has 0 aromatic heterocycles. The Morgan fingerprint density at radius 1 is 1.45 bits per heavy atom. The fourth-order valence-corrected chi connectivity index (χ4v) is 1.67. The minimum Gasteiger partial charge on any atom is -0.398 e. The molecule has 1 aromatic rings. The molecule has 2 N–H and O–H groups in total. The second-order valence-electron chi connectivity index (χ2n) is 2.20. The van der Waals surface area contributed by atoms with Crippen LogP contribution in [0.1, 0.15) is 5.56 Å². The van der Waals surface area contributed by atoms with E-state index in [9.17, 15) is 0 Å². The van der Waals surface area contributed by atoms with Gasteiger partial charge in [-0.15, -0.1) is 0 Å². The maximum atomic E-state index is 5.82. The molecule has 0 amide bonds. The Labute approximate surface area is 83.6 Å². The first-order valence-corrected chi connectivity index (χ1v) is 4.48. The van der Waals surface area contributed by atoms with Gasteiger partial charge in [0.2, 0.25) is 0 Å². The normalized spacial score (nSPS) is 10.2. The van der Waals surface area contributed by atoms with Crippen LogP contribution in [0.2, 0.25) is 10.0 Å². The zero-order chi connectivity index (χ0) is 8.59. The van der Waals surface area contributed by atoms with Gasteiger partial charge >= 0.3 is 0 Å². The number of benzene rings is 1. The molecule has 1 aromatic carbocycles. The van der Waals surface area contributed by atoms with E-state index in [1.807, 2.05) is 6.92 Å². The molecule has 0 aliphatic rings. The van der Waals surface area contributed by atoms with Gasteiger partial charge in [0.1, 0.15) is 0 Å². The molecule has 0 heterocycles. The largest absolute Gasteiger partial charge is 0.398 e. The van der Waals surface area contributed by atoms with E-state index >= 15 is 0 Å². The highest BCUT2D eigenvalue weighted by molar-refractivity contribution is 9.10. The van der Waals surface area contributed by atoms with Crippen molar-refractivity contribution in [3.05, 3.63) is 26.1 Å². The van der Waals surface area contributed by atoms with Crippen LogP contribution in [0.15, 0.2) is 10.5 Å². The van der Waals surface area contributed by atoms with Crippen LogP contribution >= 0.6 is 39.1 Å². The molecule has 0 saturated carbocycles. The van der Waals surface area contributed by atoms with Gasteiger partial charge in [-0.25, -0.2) is 0 Å². The minimum absolute atomic E-state index is 0.474. The third-order valence-electron chi connectivity index (χ3n) is 1.45. The van der Waals surface area contributed by atoms with Crippen LogP contribution in [0.4, 0.5) is 5.69 Å². The Balaban J connectivity index is 3.46. The monoisotopic (exact) mass is 253 g/mol. The Bertz CT molecular complexity index is 273. The zero-order valence-corrected chi connectivity index (χ0v) is 8.89. The van der Waals surface area contributed by atoms with Gasteiger partial charge < -0.3 is 5.73 Å². The average Bonchev–Trinajstić information content (AvgIpc) is 1.97. The summed E-state index contributed by atoms with van der Waals surface area (Å²) in [6, 6.07) is 1.64. The van der Waals surface area contributed by atoms with E-state index in [2.05, 4.69) is 15.9 Å². The highest BCUT2D eigenvalue weighted by atomic mass is 79.9. The summed E-state index contributed by atoms with van der Waals surface area (Å²) in [6.45, 7) is 1.88. The lowest BCUT2D eigenvalue weighted by Crippen LogP contribution is -1.90. The third kappa shape index (κ3) is 1.63. The van der Waals surface area contributed by atoms with Gasteiger partial charge in [-0.3, -0.25) is 0 Å². The summed E-state index contributed by atoms with van der Waals surface area (Å²) in [5.41, 5.74) is 7.18. The highest BCUT2D eigenvalue weighted by Gasteiger charge is 2.07. The molecule has 0 bridgehead atoms. The van der Waals surface area contributed by atoms with Gasteiger partial charge in [0.05, 0.1) is 10.0 Å². The first-order valence-electron chi connectivity index (χ1n) is 2.93. The second-order valence-corrected chi connectivity index (χ2v) is 3.78. The number of hydrogen-bond acceptors (Lipinski definition) is 1. The Morgan fingerprint density at radius 2 is 2.00 bits per heavy atom. The number of anilines is 1. The van der Waals surface area contributed by atoms with E-state index < -0.39 is 0 Å². The molecular weight excluding hydrogens is 249 g/mol. The third-order valence-corrected chi connectivity index (χ3v) is 3.45. The van der Waals surface area contributed by atoms with E-state index in [1.54, 1.807) is 6.07 Å². The van der Waals surface area contributed by atoms with Crippen molar-refractivity contribution < 1.29 is 0 Å². The van der Waals surface area contributed by atoms with Crippen molar-refractivity contribution in [2.45, 2.75) is 6.92 Å². The van der Waals surface area contributed by atoms with Crippen LogP contribution in [0.5, 0.6) is 0 Å². The number of nitrogens with two attached hydrogens (primary N) is 1. The molecule has 0 unspecified atom stereocenters. The number of halogens is 3. The fourth-order valence-electron chi connectivity index (χ4n) is 0.704. The van der Waals surface area contributed by atoms with E-state index in [0.29, 0.717) is 15.7 Å². The van der Waals surface area contributed by atoms with Crippen LogP contribution < -0.4 is 5.73 Å². The SMILES string of the molecule is Cc1c(N)cc(Cl)c(Cl)c1Br. The van der Waals surface area contributed by atoms with Crippen molar-refractivity contribution in [3.8, 4) is 0 Å². The molecule has 0 aliphatic heterocycles. The van der Waals surface area contributed by atoms with Crippen LogP contribution in [0, 0.1) is 6.92 Å². The fraction of sp³-hybridized carbons (Fsp3) is 0.143. The van der Waals surface area contributed by atoms with Crippen LogP contribution in [-0.2, 0) is 0 Å². The average molecular weight is 255 g/mol. The van der Waals surface area contributed by atoms with E-state index in [-0.39, 0.29) is 0 Å².